The van der Waals surface area contributed by atoms with Crippen molar-refractivity contribution in [3.63, 3.8) is 0 Å². The number of nitrogens with two attached hydrogens (primary N) is 1. The van der Waals surface area contributed by atoms with Crippen LogP contribution in [0.4, 0.5) is 5.82 Å². The quantitative estimate of drug-likeness (QED) is 0.668. The molecular formula is C22H20N4. The highest BCUT2D eigenvalue weighted by atomic mass is 15.1. The predicted octanol–water partition coefficient (Wildman–Crippen LogP) is 3.35. The molecule has 26 heavy (non-hydrogen) atoms. The number of nitrogen functional groups attached to an aromatic ring is 1. The first-order valence-corrected chi connectivity index (χ1v) is 8.61. The van der Waals surface area contributed by atoms with Crippen molar-refractivity contribution in [2.24, 2.45) is 4.99 Å². The third kappa shape index (κ3) is 3.25. The molecule has 0 bridgehead atoms. The van der Waals surface area contributed by atoms with Gasteiger partial charge in [0.1, 0.15) is 11.7 Å². The zero-order valence-corrected chi connectivity index (χ0v) is 14.9. The molecule has 0 saturated carbocycles. The SMILES string of the molecule is CC1(C)CN=C(c2cccc(C#Cc3cc(N)nc4ccccc34)c2)N1. The van der Waals surface area contributed by atoms with E-state index >= 15 is 0 Å². The second-order valence-corrected chi connectivity index (χ2v) is 7.12. The van der Waals surface area contributed by atoms with Crippen molar-refractivity contribution in [1.29, 1.82) is 0 Å². The first-order valence-electron chi connectivity index (χ1n) is 8.61. The van der Waals surface area contributed by atoms with Crippen LogP contribution in [0.2, 0.25) is 0 Å². The van der Waals surface area contributed by atoms with Crippen molar-refractivity contribution in [3.8, 4) is 11.8 Å². The van der Waals surface area contributed by atoms with Gasteiger partial charge in [0.05, 0.1) is 17.6 Å². The Morgan fingerprint density at radius 3 is 2.69 bits per heavy atom. The van der Waals surface area contributed by atoms with Crippen LogP contribution in [0, 0.1) is 11.8 Å². The molecule has 0 atom stereocenters. The summed E-state index contributed by atoms with van der Waals surface area (Å²) in [5.41, 5.74) is 9.67. The molecular weight excluding hydrogens is 320 g/mol. The smallest absolute Gasteiger partial charge is 0.128 e. The monoisotopic (exact) mass is 340 g/mol. The standard InChI is InChI=1S/C22H20N4/c1-22(2)14-24-21(26-22)17-7-5-6-15(12-17)10-11-16-13-20(23)25-19-9-4-3-8-18(16)19/h3-9,12-13H,14H2,1-2H3,(H2,23,25)(H,24,26). The summed E-state index contributed by atoms with van der Waals surface area (Å²) in [5.74, 6) is 7.91. The lowest BCUT2D eigenvalue weighted by molar-refractivity contribution is 0.506. The van der Waals surface area contributed by atoms with Crippen LogP contribution >= 0.6 is 0 Å². The minimum Gasteiger partial charge on any atom is -0.384 e. The lowest BCUT2D eigenvalue weighted by atomic mass is 10.1. The van der Waals surface area contributed by atoms with Crippen molar-refractivity contribution >= 4 is 22.6 Å². The molecule has 3 aromatic rings. The van der Waals surface area contributed by atoms with Gasteiger partial charge in [-0.2, -0.15) is 0 Å². The molecule has 1 aromatic heterocycles. The third-order valence-electron chi connectivity index (χ3n) is 4.30. The van der Waals surface area contributed by atoms with Crippen LogP contribution in [0.1, 0.15) is 30.5 Å². The fourth-order valence-corrected chi connectivity index (χ4v) is 3.02. The van der Waals surface area contributed by atoms with E-state index in [1.807, 2.05) is 42.5 Å². The molecule has 0 unspecified atom stereocenters. The topological polar surface area (TPSA) is 63.3 Å². The summed E-state index contributed by atoms with van der Waals surface area (Å²) in [6.07, 6.45) is 0. The van der Waals surface area contributed by atoms with Crippen molar-refractivity contribution in [2.75, 3.05) is 12.3 Å². The molecule has 2 aromatic carbocycles. The molecule has 0 spiro atoms. The Morgan fingerprint density at radius 1 is 1.04 bits per heavy atom. The van der Waals surface area contributed by atoms with E-state index in [2.05, 4.69) is 53.1 Å². The number of nitrogens with one attached hydrogen (secondary N) is 1. The second-order valence-electron chi connectivity index (χ2n) is 7.12. The van der Waals surface area contributed by atoms with Gasteiger partial charge in [-0.25, -0.2) is 4.98 Å². The van der Waals surface area contributed by atoms with Gasteiger partial charge in [-0.05, 0) is 38.1 Å². The molecule has 1 aliphatic heterocycles. The maximum Gasteiger partial charge on any atom is 0.128 e. The number of hydrogen-bond donors (Lipinski definition) is 2. The average molecular weight is 340 g/mol. The van der Waals surface area contributed by atoms with Gasteiger partial charge in [0.15, 0.2) is 0 Å². The highest BCUT2D eigenvalue weighted by molar-refractivity contribution is 6.00. The van der Waals surface area contributed by atoms with Crippen LogP contribution in [0.15, 0.2) is 59.6 Å². The molecule has 0 radical (unpaired) electrons. The Hall–Kier alpha value is -3.32. The predicted molar refractivity (Wildman–Crippen MR) is 107 cm³/mol. The minimum absolute atomic E-state index is 0.00446. The zero-order valence-electron chi connectivity index (χ0n) is 14.9. The number of aromatic nitrogens is 1. The van der Waals surface area contributed by atoms with E-state index in [0.717, 1.165) is 40.0 Å². The van der Waals surface area contributed by atoms with E-state index in [1.54, 1.807) is 0 Å². The molecule has 0 amide bonds. The summed E-state index contributed by atoms with van der Waals surface area (Å²) in [7, 11) is 0. The molecule has 1 aliphatic rings. The van der Waals surface area contributed by atoms with Gasteiger partial charge < -0.3 is 11.1 Å². The summed E-state index contributed by atoms with van der Waals surface area (Å²) in [4.78, 5) is 8.96. The molecule has 128 valence electrons. The molecule has 0 fully saturated rings. The first kappa shape index (κ1) is 16.2. The second kappa shape index (κ2) is 6.20. The van der Waals surface area contributed by atoms with Gasteiger partial charge >= 0.3 is 0 Å². The van der Waals surface area contributed by atoms with E-state index < -0.39 is 0 Å². The largest absolute Gasteiger partial charge is 0.384 e. The molecule has 2 heterocycles. The van der Waals surface area contributed by atoms with E-state index in [4.69, 9.17) is 5.73 Å². The summed E-state index contributed by atoms with van der Waals surface area (Å²) in [6, 6.07) is 17.8. The van der Waals surface area contributed by atoms with Crippen molar-refractivity contribution in [3.05, 3.63) is 71.3 Å². The van der Waals surface area contributed by atoms with Crippen molar-refractivity contribution in [2.45, 2.75) is 19.4 Å². The van der Waals surface area contributed by atoms with Gasteiger partial charge in [0, 0.05) is 22.1 Å². The number of fused-ring (bicyclic) bond motifs is 1. The molecule has 0 aliphatic carbocycles. The van der Waals surface area contributed by atoms with Crippen LogP contribution in [-0.4, -0.2) is 22.9 Å². The maximum absolute atomic E-state index is 5.92. The fraction of sp³-hybridized carbons (Fsp3) is 0.182. The van der Waals surface area contributed by atoms with Gasteiger partial charge in [-0.15, -0.1) is 0 Å². The molecule has 3 N–H and O–H groups in total. The summed E-state index contributed by atoms with van der Waals surface area (Å²) < 4.78 is 0. The lowest BCUT2D eigenvalue weighted by Gasteiger charge is -2.18. The van der Waals surface area contributed by atoms with E-state index in [9.17, 15) is 0 Å². The normalized spacial score (nSPS) is 15.1. The van der Waals surface area contributed by atoms with Gasteiger partial charge in [-0.1, -0.05) is 42.2 Å². The Kier molecular flexibility index (Phi) is 3.85. The van der Waals surface area contributed by atoms with Crippen LogP contribution in [0.5, 0.6) is 0 Å². The zero-order chi connectivity index (χ0) is 18.1. The Bertz CT molecular complexity index is 1080. The summed E-state index contributed by atoms with van der Waals surface area (Å²) in [5, 5.41) is 4.46. The van der Waals surface area contributed by atoms with Crippen LogP contribution in [0.3, 0.4) is 0 Å². The highest BCUT2D eigenvalue weighted by Gasteiger charge is 2.25. The molecule has 4 heteroatoms. The highest BCUT2D eigenvalue weighted by Crippen LogP contribution is 2.19. The number of hydrogen-bond acceptors (Lipinski definition) is 4. The number of aliphatic imine (C=N–C) groups is 1. The van der Waals surface area contributed by atoms with E-state index in [1.165, 1.54) is 0 Å². The van der Waals surface area contributed by atoms with Gasteiger partial charge in [-0.3, -0.25) is 4.99 Å². The van der Waals surface area contributed by atoms with Crippen LogP contribution in [0.25, 0.3) is 10.9 Å². The van der Waals surface area contributed by atoms with Gasteiger partial charge in [0.2, 0.25) is 0 Å². The number of benzene rings is 2. The van der Waals surface area contributed by atoms with Crippen molar-refractivity contribution < 1.29 is 0 Å². The number of nitrogens with zero attached hydrogens (tertiary/aromatic N) is 2. The summed E-state index contributed by atoms with van der Waals surface area (Å²) in [6.45, 7) is 5.07. The van der Waals surface area contributed by atoms with Gasteiger partial charge in [0.25, 0.3) is 0 Å². The Morgan fingerprint density at radius 2 is 1.88 bits per heavy atom. The Balaban J connectivity index is 1.69. The van der Waals surface area contributed by atoms with Crippen LogP contribution < -0.4 is 11.1 Å². The lowest BCUT2D eigenvalue weighted by Crippen LogP contribution is -2.39. The number of rotatable bonds is 1. The Labute approximate surface area is 153 Å². The number of amidine groups is 1. The average Bonchev–Trinajstić information content (AvgIpc) is 3.00. The molecule has 4 nitrogen and oxygen atoms in total. The minimum atomic E-state index is 0.00446. The molecule has 4 rings (SSSR count). The number of anilines is 1. The first-order chi connectivity index (χ1) is 12.5. The van der Waals surface area contributed by atoms with Crippen molar-refractivity contribution in [1.82, 2.24) is 10.3 Å². The van der Waals surface area contributed by atoms with E-state index in [0.29, 0.717) is 5.82 Å². The van der Waals surface area contributed by atoms with E-state index in [-0.39, 0.29) is 5.54 Å². The molecule has 0 saturated heterocycles. The fourth-order valence-electron chi connectivity index (χ4n) is 3.02. The number of para-hydroxylation sites is 1. The summed E-state index contributed by atoms with van der Waals surface area (Å²) >= 11 is 0. The van der Waals surface area contributed by atoms with Crippen LogP contribution in [-0.2, 0) is 0 Å². The maximum atomic E-state index is 5.92. The third-order valence-corrected chi connectivity index (χ3v) is 4.30. The number of pyridine rings is 1.